The maximum absolute atomic E-state index is 11.6. The van der Waals surface area contributed by atoms with Crippen molar-refractivity contribution in [3.8, 4) is 0 Å². The first-order valence-electron chi connectivity index (χ1n) is 7.13. The molecule has 0 amide bonds. The molecule has 0 aliphatic carbocycles. The number of rotatable bonds is 8. The predicted molar refractivity (Wildman–Crippen MR) is 81.3 cm³/mol. The predicted octanol–water partition coefficient (Wildman–Crippen LogP) is 2.32. The lowest BCUT2D eigenvalue weighted by Gasteiger charge is -2.23. The largest absolute Gasteiger partial charge is 0.462 e. The molecule has 5 nitrogen and oxygen atoms in total. The van der Waals surface area contributed by atoms with E-state index in [4.69, 9.17) is 9.47 Å². The molecule has 0 saturated carbocycles. The first-order valence-corrected chi connectivity index (χ1v) is 7.13. The Labute approximate surface area is 125 Å². The van der Waals surface area contributed by atoms with Gasteiger partial charge in [0.1, 0.15) is 13.2 Å². The molecule has 1 aromatic carbocycles. The molecule has 0 heterocycles. The number of carbonyl (C=O) groups excluding carboxylic acids is 2. The van der Waals surface area contributed by atoms with Crippen LogP contribution in [0.15, 0.2) is 24.3 Å². The molecule has 1 rings (SSSR count). The normalized spacial score (nSPS) is 10.0. The standard InChI is InChI=1S/C16H23NO4/c1-4-17(15-7-5-6-13(2)12-15)9-8-16(19)21-11-10-20-14(3)18/h5-7,12H,4,8-11H2,1-3H3. The van der Waals surface area contributed by atoms with E-state index >= 15 is 0 Å². The zero-order chi connectivity index (χ0) is 15.7. The molecule has 21 heavy (non-hydrogen) atoms. The number of nitrogens with zero attached hydrogens (tertiary/aromatic N) is 1. The van der Waals surface area contributed by atoms with Gasteiger partial charge in [0.25, 0.3) is 0 Å². The molecule has 0 fully saturated rings. The van der Waals surface area contributed by atoms with Crippen molar-refractivity contribution in [3.05, 3.63) is 29.8 Å². The Bertz CT molecular complexity index is 473. The van der Waals surface area contributed by atoms with Gasteiger partial charge in [-0.05, 0) is 31.5 Å². The van der Waals surface area contributed by atoms with Gasteiger partial charge in [-0.15, -0.1) is 0 Å². The molecule has 0 saturated heterocycles. The highest BCUT2D eigenvalue weighted by atomic mass is 16.6. The molecule has 0 spiro atoms. The number of benzene rings is 1. The zero-order valence-electron chi connectivity index (χ0n) is 12.9. The van der Waals surface area contributed by atoms with E-state index in [1.54, 1.807) is 0 Å². The van der Waals surface area contributed by atoms with Crippen LogP contribution in [0.3, 0.4) is 0 Å². The molecule has 0 aromatic heterocycles. The molecule has 5 heteroatoms. The summed E-state index contributed by atoms with van der Waals surface area (Å²) in [6.45, 7) is 7.06. The van der Waals surface area contributed by atoms with E-state index in [2.05, 4.69) is 11.0 Å². The average Bonchev–Trinajstić information content (AvgIpc) is 2.44. The van der Waals surface area contributed by atoms with Gasteiger partial charge in [-0.25, -0.2) is 0 Å². The minimum Gasteiger partial charge on any atom is -0.462 e. The number of esters is 2. The summed E-state index contributed by atoms with van der Waals surface area (Å²) >= 11 is 0. The number of anilines is 1. The van der Waals surface area contributed by atoms with Gasteiger partial charge in [0, 0.05) is 25.7 Å². The van der Waals surface area contributed by atoms with Crippen LogP contribution in [0, 0.1) is 6.92 Å². The van der Waals surface area contributed by atoms with Crippen molar-refractivity contribution >= 4 is 17.6 Å². The fourth-order valence-corrected chi connectivity index (χ4v) is 1.93. The topological polar surface area (TPSA) is 55.8 Å². The molecule has 0 bridgehead atoms. The molecule has 0 unspecified atom stereocenters. The van der Waals surface area contributed by atoms with Crippen molar-refractivity contribution < 1.29 is 19.1 Å². The Morgan fingerprint density at radius 3 is 2.52 bits per heavy atom. The molecular formula is C16H23NO4. The van der Waals surface area contributed by atoms with Gasteiger partial charge in [0.2, 0.25) is 0 Å². The van der Waals surface area contributed by atoms with Crippen molar-refractivity contribution in [2.45, 2.75) is 27.2 Å². The number of hydrogen-bond donors (Lipinski definition) is 0. The second kappa shape index (κ2) is 9.00. The number of hydrogen-bond acceptors (Lipinski definition) is 5. The monoisotopic (exact) mass is 293 g/mol. The second-order valence-electron chi connectivity index (χ2n) is 4.73. The van der Waals surface area contributed by atoms with E-state index in [1.165, 1.54) is 12.5 Å². The quantitative estimate of drug-likeness (QED) is 0.544. The summed E-state index contributed by atoms with van der Waals surface area (Å²) < 4.78 is 9.70. The Morgan fingerprint density at radius 1 is 1.19 bits per heavy atom. The van der Waals surface area contributed by atoms with Crippen LogP contribution in [0.1, 0.15) is 25.8 Å². The maximum Gasteiger partial charge on any atom is 0.307 e. The molecule has 116 valence electrons. The Hall–Kier alpha value is -2.04. The van der Waals surface area contributed by atoms with Gasteiger partial charge < -0.3 is 14.4 Å². The van der Waals surface area contributed by atoms with Crippen LogP contribution in [0.2, 0.25) is 0 Å². The van der Waals surface area contributed by atoms with E-state index in [1.807, 2.05) is 32.0 Å². The summed E-state index contributed by atoms with van der Waals surface area (Å²) in [5, 5.41) is 0. The van der Waals surface area contributed by atoms with E-state index in [0.717, 1.165) is 12.2 Å². The third kappa shape index (κ3) is 6.79. The fourth-order valence-electron chi connectivity index (χ4n) is 1.93. The maximum atomic E-state index is 11.6. The van der Waals surface area contributed by atoms with Gasteiger partial charge in [0.15, 0.2) is 0 Å². The van der Waals surface area contributed by atoms with Crippen molar-refractivity contribution in [3.63, 3.8) is 0 Å². The highest BCUT2D eigenvalue weighted by molar-refractivity contribution is 5.70. The number of ether oxygens (including phenoxy) is 2. The smallest absolute Gasteiger partial charge is 0.307 e. The van der Waals surface area contributed by atoms with E-state index in [0.29, 0.717) is 13.0 Å². The Balaban J connectivity index is 2.34. The minimum atomic E-state index is -0.373. The molecule has 1 aromatic rings. The summed E-state index contributed by atoms with van der Waals surface area (Å²) in [7, 11) is 0. The fraction of sp³-hybridized carbons (Fsp3) is 0.500. The highest BCUT2D eigenvalue weighted by Gasteiger charge is 2.09. The van der Waals surface area contributed by atoms with Crippen LogP contribution in [-0.4, -0.2) is 38.2 Å². The lowest BCUT2D eigenvalue weighted by Crippen LogP contribution is -2.26. The van der Waals surface area contributed by atoms with Gasteiger partial charge in [-0.3, -0.25) is 9.59 Å². The first-order chi connectivity index (χ1) is 10.0. The van der Waals surface area contributed by atoms with Crippen molar-refractivity contribution in [1.29, 1.82) is 0 Å². The average molecular weight is 293 g/mol. The van der Waals surface area contributed by atoms with Gasteiger partial charge in [-0.1, -0.05) is 12.1 Å². The molecule has 0 radical (unpaired) electrons. The third-order valence-electron chi connectivity index (χ3n) is 2.99. The number of carbonyl (C=O) groups is 2. The summed E-state index contributed by atoms with van der Waals surface area (Å²) in [5.41, 5.74) is 2.29. The van der Waals surface area contributed by atoms with Crippen molar-refractivity contribution in [1.82, 2.24) is 0 Å². The van der Waals surface area contributed by atoms with Crippen LogP contribution in [0.4, 0.5) is 5.69 Å². The third-order valence-corrected chi connectivity index (χ3v) is 2.99. The van der Waals surface area contributed by atoms with Gasteiger partial charge in [0.05, 0.1) is 6.42 Å². The Kier molecular flexibility index (Phi) is 7.29. The summed E-state index contributed by atoms with van der Waals surface area (Å²) in [6, 6.07) is 8.17. The van der Waals surface area contributed by atoms with Gasteiger partial charge in [-0.2, -0.15) is 0 Å². The van der Waals surface area contributed by atoms with Crippen LogP contribution >= 0.6 is 0 Å². The summed E-state index contributed by atoms with van der Waals surface area (Å²) in [4.78, 5) is 24.3. The molecule has 0 aliphatic heterocycles. The summed E-state index contributed by atoms with van der Waals surface area (Å²) in [6.07, 6.45) is 0.307. The minimum absolute atomic E-state index is 0.106. The highest BCUT2D eigenvalue weighted by Crippen LogP contribution is 2.15. The molecular weight excluding hydrogens is 270 g/mol. The lowest BCUT2D eigenvalue weighted by molar-refractivity contribution is -0.150. The van der Waals surface area contributed by atoms with E-state index in [9.17, 15) is 9.59 Å². The van der Waals surface area contributed by atoms with Crippen LogP contribution in [0.5, 0.6) is 0 Å². The van der Waals surface area contributed by atoms with E-state index in [-0.39, 0.29) is 25.2 Å². The SMILES string of the molecule is CCN(CCC(=O)OCCOC(C)=O)c1cccc(C)c1. The van der Waals surface area contributed by atoms with Crippen LogP contribution in [-0.2, 0) is 19.1 Å². The molecule has 0 aliphatic rings. The first kappa shape index (κ1) is 17.0. The molecule has 0 atom stereocenters. The van der Waals surface area contributed by atoms with Crippen molar-refractivity contribution in [2.75, 3.05) is 31.2 Å². The van der Waals surface area contributed by atoms with E-state index < -0.39 is 0 Å². The number of aryl methyl sites for hydroxylation is 1. The van der Waals surface area contributed by atoms with Crippen LogP contribution < -0.4 is 4.90 Å². The Morgan fingerprint density at radius 2 is 1.90 bits per heavy atom. The van der Waals surface area contributed by atoms with Gasteiger partial charge >= 0.3 is 11.9 Å². The van der Waals surface area contributed by atoms with Crippen LogP contribution in [0.25, 0.3) is 0 Å². The summed E-state index contributed by atoms with van der Waals surface area (Å²) in [5.74, 6) is -0.657. The lowest BCUT2D eigenvalue weighted by atomic mass is 10.2. The second-order valence-corrected chi connectivity index (χ2v) is 4.73. The zero-order valence-corrected chi connectivity index (χ0v) is 12.9. The molecule has 0 N–H and O–H groups in total. The van der Waals surface area contributed by atoms with Crippen molar-refractivity contribution in [2.24, 2.45) is 0 Å².